The van der Waals surface area contributed by atoms with Crippen molar-refractivity contribution in [3.63, 3.8) is 0 Å². The van der Waals surface area contributed by atoms with Crippen molar-refractivity contribution in [3.8, 4) is 0 Å². The summed E-state index contributed by atoms with van der Waals surface area (Å²) in [5.41, 5.74) is 0.719. The summed E-state index contributed by atoms with van der Waals surface area (Å²) >= 11 is 3.30. The lowest BCUT2D eigenvalue weighted by Crippen LogP contribution is -2.33. The van der Waals surface area contributed by atoms with Crippen LogP contribution in [0.2, 0.25) is 0 Å². The average Bonchev–Trinajstić information content (AvgIpc) is 2.62. The van der Waals surface area contributed by atoms with E-state index in [0.29, 0.717) is 0 Å². The zero-order valence-corrected chi connectivity index (χ0v) is 9.94. The lowest BCUT2D eigenvalue weighted by Gasteiger charge is -2.17. The van der Waals surface area contributed by atoms with Crippen LogP contribution in [-0.4, -0.2) is 18.4 Å². The van der Waals surface area contributed by atoms with Crippen LogP contribution < -0.4 is 10.0 Å². The maximum absolute atomic E-state index is 11.6. The van der Waals surface area contributed by atoms with E-state index in [1.54, 1.807) is 12.1 Å². The number of rotatable bonds is 2. The maximum Gasteiger partial charge on any atom is 0.227 e. The first kappa shape index (κ1) is 11.1. The highest BCUT2D eigenvalue weighted by molar-refractivity contribution is 9.10. The molecule has 0 saturated carbocycles. The zero-order chi connectivity index (χ0) is 11.7. The molecule has 1 aromatic rings. The molecule has 1 atom stereocenters. The first-order chi connectivity index (χ1) is 7.58. The Morgan fingerprint density at radius 1 is 1.38 bits per heavy atom. The Morgan fingerprint density at radius 2 is 2.00 bits per heavy atom. The van der Waals surface area contributed by atoms with Crippen LogP contribution in [0.3, 0.4) is 0 Å². The van der Waals surface area contributed by atoms with E-state index >= 15 is 0 Å². The summed E-state index contributed by atoms with van der Waals surface area (Å²) < 4.78 is 0.916. The second kappa shape index (κ2) is 4.25. The number of aliphatic carboxylic acids is 1. The molecular formula is C11H9BrNO3-. The number of anilines is 1. The summed E-state index contributed by atoms with van der Waals surface area (Å²) in [4.78, 5) is 23.8. The summed E-state index contributed by atoms with van der Waals surface area (Å²) in [5.74, 6) is -2.03. The molecular weight excluding hydrogens is 274 g/mol. The fraction of sp³-hybridized carbons (Fsp3) is 0.273. The lowest BCUT2D eigenvalue weighted by atomic mass is 10.1. The smallest absolute Gasteiger partial charge is 0.227 e. The van der Waals surface area contributed by atoms with E-state index in [4.69, 9.17) is 0 Å². The standard InChI is InChI=1S/C11H10BrNO3/c12-8-1-3-9(4-2-8)13-6-7(11(15)16)5-10(13)14/h1-4,7H,5-6H2,(H,15,16)/p-1/t7-/m0/s1. The van der Waals surface area contributed by atoms with E-state index in [9.17, 15) is 14.7 Å². The Hall–Kier alpha value is -1.36. The van der Waals surface area contributed by atoms with Crippen LogP contribution in [-0.2, 0) is 9.59 Å². The number of carboxylic acids is 1. The van der Waals surface area contributed by atoms with Crippen LogP contribution in [0, 0.1) is 5.92 Å². The number of carboxylic acid groups (broad SMARTS) is 1. The van der Waals surface area contributed by atoms with E-state index in [-0.39, 0.29) is 18.9 Å². The van der Waals surface area contributed by atoms with E-state index in [2.05, 4.69) is 15.9 Å². The molecule has 1 fully saturated rings. The molecule has 0 N–H and O–H groups in total. The molecule has 4 nitrogen and oxygen atoms in total. The molecule has 0 bridgehead atoms. The molecule has 2 rings (SSSR count). The van der Waals surface area contributed by atoms with Crippen LogP contribution >= 0.6 is 15.9 Å². The SMILES string of the molecule is O=C([O-])[C@H]1CC(=O)N(c2ccc(Br)cc2)C1. The van der Waals surface area contributed by atoms with Crippen molar-refractivity contribution in [2.45, 2.75) is 6.42 Å². The molecule has 0 aromatic heterocycles. The van der Waals surface area contributed by atoms with Gasteiger partial charge in [0.1, 0.15) is 0 Å². The molecule has 1 amide bonds. The molecule has 84 valence electrons. The monoisotopic (exact) mass is 282 g/mol. The highest BCUT2D eigenvalue weighted by atomic mass is 79.9. The summed E-state index contributed by atoms with van der Waals surface area (Å²) in [6.45, 7) is 0.197. The van der Waals surface area contributed by atoms with Gasteiger partial charge in [0, 0.05) is 35.0 Å². The van der Waals surface area contributed by atoms with Crippen molar-refractivity contribution in [3.05, 3.63) is 28.7 Å². The number of halogens is 1. The van der Waals surface area contributed by atoms with Gasteiger partial charge in [0.2, 0.25) is 5.91 Å². The average molecular weight is 283 g/mol. The van der Waals surface area contributed by atoms with Gasteiger partial charge in [0.05, 0.1) is 0 Å². The molecule has 0 spiro atoms. The van der Waals surface area contributed by atoms with Crippen molar-refractivity contribution < 1.29 is 14.7 Å². The molecule has 0 aliphatic carbocycles. The van der Waals surface area contributed by atoms with Crippen LogP contribution in [0.4, 0.5) is 5.69 Å². The van der Waals surface area contributed by atoms with Crippen LogP contribution in [0.15, 0.2) is 28.7 Å². The number of benzene rings is 1. The van der Waals surface area contributed by atoms with Crippen molar-refractivity contribution in [2.75, 3.05) is 11.4 Å². The van der Waals surface area contributed by atoms with Gasteiger partial charge in [-0.25, -0.2) is 0 Å². The van der Waals surface area contributed by atoms with Gasteiger partial charge >= 0.3 is 0 Å². The summed E-state index contributed by atoms with van der Waals surface area (Å²) in [7, 11) is 0. The van der Waals surface area contributed by atoms with Crippen molar-refractivity contribution in [2.24, 2.45) is 5.92 Å². The fourth-order valence-corrected chi connectivity index (χ4v) is 2.00. The van der Waals surface area contributed by atoms with Crippen LogP contribution in [0.25, 0.3) is 0 Å². The highest BCUT2D eigenvalue weighted by Gasteiger charge is 2.31. The molecule has 5 heteroatoms. The second-order valence-electron chi connectivity index (χ2n) is 3.70. The molecule has 0 unspecified atom stereocenters. The molecule has 1 aliphatic heterocycles. The summed E-state index contributed by atoms with van der Waals surface area (Å²) in [6.07, 6.45) is 0.0262. The van der Waals surface area contributed by atoms with Crippen molar-refractivity contribution in [1.82, 2.24) is 0 Å². The number of carbonyl (C=O) groups is 2. The van der Waals surface area contributed by atoms with E-state index in [0.717, 1.165) is 10.2 Å². The fourth-order valence-electron chi connectivity index (χ4n) is 1.74. The predicted octanol–water partition coefficient (Wildman–Crippen LogP) is 0.552. The number of amides is 1. The van der Waals surface area contributed by atoms with Gasteiger partial charge in [-0.15, -0.1) is 0 Å². The Kier molecular flexibility index (Phi) is 2.96. The summed E-state index contributed by atoms with van der Waals surface area (Å²) in [6, 6.07) is 7.18. The first-order valence-corrected chi connectivity index (χ1v) is 5.64. The third-order valence-electron chi connectivity index (χ3n) is 2.60. The van der Waals surface area contributed by atoms with E-state index < -0.39 is 11.9 Å². The van der Waals surface area contributed by atoms with E-state index in [1.807, 2.05) is 12.1 Å². The molecule has 1 heterocycles. The molecule has 16 heavy (non-hydrogen) atoms. The number of nitrogens with zero attached hydrogens (tertiary/aromatic N) is 1. The molecule has 0 radical (unpaired) electrons. The topological polar surface area (TPSA) is 60.4 Å². The second-order valence-corrected chi connectivity index (χ2v) is 4.62. The third kappa shape index (κ3) is 2.09. The number of carbonyl (C=O) groups excluding carboxylic acids is 2. The Morgan fingerprint density at radius 3 is 2.50 bits per heavy atom. The first-order valence-electron chi connectivity index (χ1n) is 4.84. The van der Waals surface area contributed by atoms with Gasteiger partial charge in [0.25, 0.3) is 0 Å². The number of hydrogen-bond donors (Lipinski definition) is 0. The minimum Gasteiger partial charge on any atom is -0.550 e. The van der Waals surface area contributed by atoms with Gasteiger partial charge in [-0.1, -0.05) is 15.9 Å². The van der Waals surface area contributed by atoms with Gasteiger partial charge in [-0.3, -0.25) is 4.79 Å². The minimum absolute atomic E-state index is 0.0262. The van der Waals surface area contributed by atoms with Gasteiger partial charge in [-0.2, -0.15) is 0 Å². The van der Waals surface area contributed by atoms with Gasteiger partial charge in [-0.05, 0) is 24.3 Å². The van der Waals surface area contributed by atoms with Gasteiger partial charge < -0.3 is 14.8 Å². The molecule has 1 aliphatic rings. The maximum atomic E-state index is 11.6. The third-order valence-corrected chi connectivity index (χ3v) is 3.13. The lowest BCUT2D eigenvalue weighted by molar-refractivity contribution is -0.310. The molecule has 1 aromatic carbocycles. The molecule has 1 saturated heterocycles. The quantitative estimate of drug-likeness (QED) is 0.796. The minimum atomic E-state index is -1.16. The normalized spacial score (nSPS) is 20.2. The van der Waals surface area contributed by atoms with Crippen molar-refractivity contribution >= 4 is 33.5 Å². The number of hydrogen-bond acceptors (Lipinski definition) is 3. The van der Waals surface area contributed by atoms with Crippen LogP contribution in [0.5, 0.6) is 0 Å². The Labute approximate surface area is 101 Å². The Bertz CT molecular complexity index is 429. The largest absolute Gasteiger partial charge is 0.550 e. The van der Waals surface area contributed by atoms with Gasteiger partial charge in [0.15, 0.2) is 0 Å². The highest BCUT2D eigenvalue weighted by Crippen LogP contribution is 2.25. The van der Waals surface area contributed by atoms with Crippen molar-refractivity contribution in [1.29, 1.82) is 0 Å². The van der Waals surface area contributed by atoms with E-state index in [1.165, 1.54) is 4.90 Å². The zero-order valence-electron chi connectivity index (χ0n) is 8.35. The summed E-state index contributed by atoms with van der Waals surface area (Å²) in [5, 5.41) is 10.7. The van der Waals surface area contributed by atoms with Crippen LogP contribution in [0.1, 0.15) is 6.42 Å². The Balaban J connectivity index is 2.20. The predicted molar refractivity (Wildman–Crippen MR) is 59.6 cm³/mol.